The minimum absolute atomic E-state index is 0.0871. The highest BCUT2D eigenvalue weighted by Crippen LogP contribution is 2.39. The van der Waals surface area contributed by atoms with Gasteiger partial charge in [0.25, 0.3) is 5.91 Å². The molecular formula is C18H16F3N5O3S. The molecule has 0 radical (unpaired) electrons. The molecule has 0 saturated carbocycles. The number of pyridine rings is 1. The van der Waals surface area contributed by atoms with E-state index in [1.165, 1.54) is 19.7 Å². The van der Waals surface area contributed by atoms with Gasteiger partial charge in [-0.15, -0.1) is 11.3 Å². The molecule has 158 valence electrons. The second kappa shape index (κ2) is 8.45. The van der Waals surface area contributed by atoms with E-state index in [4.69, 9.17) is 15.2 Å². The summed E-state index contributed by atoms with van der Waals surface area (Å²) in [5, 5.41) is 5.58. The number of aromatic nitrogens is 2. The standard InChI is InChI=1S/C18H16F3N5O3S/c1-28-9-3-4-13(29-2)12(5-9)25-14-6-11(10(7-23-14)18(19,20)21)26-17-15(16(22)27)24-8-30-17/h3-8H,1-2H3,(H2,22,27)(H2,23,25,26). The molecule has 0 aliphatic rings. The predicted molar refractivity (Wildman–Crippen MR) is 106 cm³/mol. The van der Waals surface area contributed by atoms with Gasteiger partial charge in [0, 0.05) is 18.3 Å². The van der Waals surface area contributed by atoms with Gasteiger partial charge in [0.2, 0.25) is 0 Å². The van der Waals surface area contributed by atoms with Crippen molar-refractivity contribution in [1.82, 2.24) is 9.97 Å². The quantitative estimate of drug-likeness (QED) is 0.507. The Morgan fingerprint density at radius 1 is 1.10 bits per heavy atom. The van der Waals surface area contributed by atoms with Crippen molar-refractivity contribution in [1.29, 1.82) is 0 Å². The van der Waals surface area contributed by atoms with Gasteiger partial charge in [-0.3, -0.25) is 4.79 Å². The molecule has 0 unspecified atom stereocenters. The Kier molecular flexibility index (Phi) is 5.96. The molecule has 4 N–H and O–H groups in total. The summed E-state index contributed by atoms with van der Waals surface area (Å²) in [6, 6.07) is 6.08. The van der Waals surface area contributed by atoms with E-state index in [2.05, 4.69) is 20.6 Å². The van der Waals surface area contributed by atoms with E-state index >= 15 is 0 Å². The first-order valence-corrected chi connectivity index (χ1v) is 9.17. The number of halogens is 3. The van der Waals surface area contributed by atoms with E-state index in [-0.39, 0.29) is 22.2 Å². The lowest BCUT2D eigenvalue weighted by molar-refractivity contribution is -0.137. The largest absolute Gasteiger partial charge is 0.497 e. The van der Waals surface area contributed by atoms with Gasteiger partial charge in [-0.2, -0.15) is 13.2 Å². The van der Waals surface area contributed by atoms with Gasteiger partial charge in [-0.1, -0.05) is 0 Å². The number of hydrogen-bond donors (Lipinski definition) is 3. The molecule has 2 heterocycles. The smallest absolute Gasteiger partial charge is 0.419 e. The number of methoxy groups -OCH3 is 2. The minimum Gasteiger partial charge on any atom is -0.497 e. The highest BCUT2D eigenvalue weighted by atomic mass is 32.1. The van der Waals surface area contributed by atoms with Crippen LogP contribution in [0.1, 0.15) is 16.1 Å². The molecule has 3 aromatic rings. The second-order valence-corrected chi connectivity index (χ2v) is 6.68. The summed E-state index contributed by atoms with van der Waals surface area (Å²) in [5.41, 5.74) is 5.46. The molecule has 2 aromatic heterocycles. The molecule has 30 heavy (non-hydrogen) atoms. The Balaban J connectivity index is 2.01. The number of nitrogens with two attached hydrogens (primary N) is 1. The molecule has 1 amide bonds. The molecule has 0 aliphatic heterocycles. The number of nitrogens with one attached hydrogen (secondary N) is 2. The number of rotatable bonds is 7. The number of ether oxygens (including phenoxy) is 2. The van der Waals surface area contributed by atoms with Crippen molar-refractivity contribution in [3.8, 4) is 11.5 Å². The number of carbonyl (C=O) groups excluding carboxylic acids is 1. The van der Waals surface area contributed by atoms with Crippen molar-refractivity contribution >= 4 is 39.4 Å². The number of benzene rings is 1. The number of alkyl halides is 3. The van der Waals surface area contributed by atoms with Crippen molar-refractivity contribution in [3.63, 3.8) is 0 Å². The highest BCUT2D eigenvalue weighted by Gasteiger charge is 2.35. The molecule has 1 aromatic carbocycles. The van der Waals surface area contributed by atoms with Crippen LogP contribution in [0.4, 0.5) is 35.4 Å². The number of amides is 1. The van der Waals surface area contributed by atoms with Gasteiger partial charge in [0.1, 0.15) is 22.3 Å². The van der Waals surface area contributed by atoms with Crippen LogP contribution in [0.2, 0.25) is 0 Å². The van der Waals surface area contributed by atoms with Crippen LogP contribution >= 0.6 is 11.3 Å². The summed E-state index contributed by atoms with van der Waals surface area (Å²) < 4.78 is 50.8. The van der Waals surface area contributed by atoms with E-state index in [0.717, 1.165) is 17.4 Å². The average Bonchev–Trinajstić information content (AvgIpc) is 3.15. The summed E-state index contributed by atoms with van der Waals surface area (Å²) in [5.74, 6) is 0.188. The van der Waals surface area contributed by atoms with E-state index in [0.29, 0.717) is 23.4 Å². The zero-order valence-electron chi connectivity index (χ0n) is 15.7. The Hall–Kier alpha value is -3.54. The van der Waals surface area contributed by atoms with Gasteiger partial charge >= 0.3 is 6.18 Å². The average molecular weight is 439 g/mol. The SMILES string of the molecule is COc1ccc(OC)c(Nc2cc(Nc3scnc3C(N)=O)c(C(F)(F)F)cn2)c1. The topological polar surface area (TPSA) is 111 Å². The minimum atomic E-state index is -4.68. The first kappa shape index (κ1) is 21.2. The molecule has 0 aliphatic carbocycles. The fourth-order valence-corrected chi connectivity index (χ4v) is 3.23. The van der Waals surface area contributed by atoms with Crippen molar-refractivity contribution in [3.05, 3.63) is 47.2 Å². The lowest BCUT2D eigenvalue weighted by atomic mass is 10.2. The van der Waals surface area contributed by atoms with Crippen LogP contribution in [0, 0.1) is 0 Å². The summed E-state index contributed by atoms with van der Waals surface area (Å²) in [4.78, 5) is 19.1. The molecular weight excluding hydrogens is 423 g/mol. The van der Waals surface area contributed by atoms with E-state index in [9.17, 15) is 18.0 Å². The first-order chi connectivity index (χ1) is 14.2. The Morgan fingerprint density at radius 3 is 2.50 bits per heavy atom. The van der Waals surface area contributed by atoms with Gasteiger partial charge in [0.05, 0.1) is 36.7 Å². The second-order valence-electron chi connectivity index (χ2n) is 5.82. The maximum Gasteiger partial charge on any atom is 0.419 e. The zero-order valence-corrected chi connectivity index (χ0v) is 16.5. The van der Waals surface area contributed by atoms with Crippen LogP contribution < -0.4 is 25.8 Å². The fourth-order valence-electron chi connectivity index (χ4n) is 2.54. The van der Waals surface area contributed by atoms with Gasteiger partial charge in [0.15, 0.2) is 5.69 Å². The Morgan fingerprint density at radius 2 is 1.87 bits per heavy atom. The summed E-state index contributed by atoms with van der Waals surface area (Å²) >= 11 is 0.945. The normalized spacial score (nSPS) is 11.1. The van der Waals surface area contributed by atoms with E-state index < -0.39 is 17.6 Å². The van der Waals surface area contributed by atoms with E-state index in [1.54, 1.807) is 18.2 Å². The van der Waals surface area contributed by atoms with Crippen LogP contribution in [0.3, 0.4) is 0 Å². The molecule has 0 bridgehead atoms. The molecule has 0 spiro atoms. The molecule has 0 atom stereocenters. The fraction of sp³-hybridized carbons (Fsp3) is 0.167. The van der Waals surface area contributed by atoms with Gasteiger partial charge in [-0.25, -0.2) is 9.97 Å². The molecule has 0 fully saturated rings. The lowest BCUT2D eigenvalue weighted by Crippen LogP contribution is -2.14. The van der Waals surface area contributed by atoms with Crippen LogP contribution in [-0.2, 0) is 6.18 Å². The molecule has 12 heteroatoms. The van der Waals surface area contributed by atoms with E-state index in [1.807, 2.05) is 0 Å². The number of nitrogens with zero attached hydrogens (tertiary/aromatic N) is 2. The van der Waals surface area contributed by atoms with Crippen molar-refractivity contribution in [2.75, 3.05) is 24.9 Å². The third-order valence-electron chi connectivity index (χ3n) is 3.93. The van der Waals surface area contributed by atoms with Crippen LogP contribution in [0.25, 0.3) is 0 Å². The van der Waals surface area contributed by atoms with Crippen LogP contribution in [0.5, 0.6) is 11.5 Å². The third-order valence-corrected chi connectivity index (χ3v) is 4.67. The number of primary amides is 1. The third kappa shape index (κ3) is 4.54. The van der Waals surface area contributed by atoms with Crippen molar-refractivity contribution in [2.45, 2.75) is 6.18 Å². The Bertz CT molecular complexity index is 1070. The molecule has 0 saturated heterocycles. The van der Waals surface area contributed by atoms with Crippen molar-refractivity contribution < 1.29 is 27.4 Å². The molecule has 3 rings (SSSR count). The Labute approximate surface area is 172 Å². The number of carbonyl (C=O) groups is 1. The maximum absolute atomic E-state index is 13.5. The highest BCUT2D eigenvalue weighted by molar-refractivity contribution is 7.14. The number of hydrogen-bond acceptors (Lipinski definition) is 8. The van der Waals surface area contributed by atoms with Crippen LogP contribution in [0.15, 0.2) is 36.0 Å². The zero-order chi connectivity index (χ0) is 21.9. The summed E-state index contributed by atoms with van der Waals surface area (Å²) in [6.45, 7) is 0. The molecule has 8 nitrogen and oxygen atoms in total. The van der Waals surface area contributed by atoms with Gasteiger partial charge < -0.3 is 25.8 Å². The number of thiazole rings is 1. The number of anilines is 4. The monoisotopic (exact) mass is 439 g/mol. The maximum atomic E-state index is 13.5. The lowest BCUT2D eigenvalue weighted by Gasteiger charge is -2.16. The van der Waals surface area contributed by atoms with Gasteiger partial charge in [-0.05, 0) is 12.1 Å². The van der Waals surface area contributed by atoms with Crippen LogP contribution in [-0.4, -0.2) is 30.1 Å². The predicted octanol–water partition coefficient (Wildman–Crippen LogP) is 4.16. The van der Waals surface area contributed by atoms with Crippen molar-refractivity contribution in [2.24, 2.45) is 5.73 Å². The summed E-state index contributed by atoms with van der Waals surface area (Å²) in [6.07, 6.45) is -4.00. The first-order valence-electron chi connectivity index (χ1n) is 8.29. The summed E-state index contributed by atoms with van der Waals surface area (Å²) in [7, 11) is 2.94.